The van der Waals surface area contributed by atoms with E-state index in [1.807, 2.05) is 0 Å². The molecule has 102 valence electrons. The van der Waals surface area contributed by atoms with Crippen molar-refractivity contribution in [2.24, 2.45) is 10.7 Å². The highest BCUT2D eigenvalue weighted by atomic mass is 16.5. The zero-order valence-electron chi connectivity index (χ0n) is 11.1. The largest absolute Gasteiger partial charge is 0.462 e. The van der Waals surface area contributed by atoms with Crippen LogP contribution in [-0.2, 0) is 9.47 Å². The lowest BCUT2D eigenvalue weighted by Crippen LogP contribution is -2.17. The molecule has 0 aliphatic carbocycles. The predicted molar refractivity (Wildman–Crippen MR) is 70.3 cm³/mol. The fourth-order valence-electron chi connectivity index (χ4n) is 1.47. The van der Waals surface area contributed by atoms with E-state index in [4.69, 9.17) is 10.5 Å². The third-order valence-corrected chi connectivity index (χ3v) is 2.40. The maximum atomic E-state index is 11.6. The summed E-state index contributed by atoms with van der Waals surface area (Å²) in [5.74, 6) is -0.361. The SMILES string of the molecule is CCOC(=O)c1ccc(C(N)=NC(=O)OC)cc1C. The van der Waals surface area contributed by atoms with Crippen LogP contribution in [0, 0.1) is 6.92 Å². The maximum Gasteiger partial charge on any atom is 0.435 e. The molecule has 0 bridgehead atoms. The maximum absolute atomic E-state index is 11.6. The first-order chi connectivity index (χ1) is 8.99. The standard InChI is InChI=1S/C13H16N2O4/c1-4-19-12(16)10-6-5-9(7-8(10)2)11(14)15-13(17)18-3/h5-7H,4H2,1-3H3,(H2,14,15,17). The minimum Gasteiger partial charge on any atom is -0.462 e. The predicted octanol–water partition coefficient (Wildman–Crippen LogP) is 1.64. The van der Waals surface area contributed by atoms with Crippen molar-refractivity contribution in [3.05, 3.63) is 34.9 Å². The Morgan fingerprint density at radius 1 is 1.37 bits per heavy atom. The van der Waals surface area contributed by atoms with Crippen LogP contribution in [0.5, 0.6) is 0 Å². The number of amides is 1. The molecule has 0 saturated carbocycles. The summed E-state index contributed by atoms with van der Waals surface area (Å²) in [6.07, 6.45) is -0.773. The summed E-state index contributed by atoms with van der Waals surface area (Å²) in [7, 11) is 1.22. The quantitative estimate of drug-likeness (QED) is 0.509. The van der Waals surface area contributed by atoms with Crippen LogP contribution in [0.15, 0.2) is 23.2 Å². The van der Waals surface area contributed by atoms with Gasteiger partial charge in [0.25, 0.3) is 0 Å². The second-order valence-electron chi connectivity index (χ2n) is 3.72. The van der Waals surface area contributed by atoms with Gasteiger partial charge in [-0.15, -0.1) is 0 Å². The highest BCUT2D eigenvalue weighted by molar-refractivity contribution is 6.03. The Balaban J connectivity index is 3.03. The van der Waals surface area contributed by atoms with E-state index in [0.717, 1.165) is 0 Å². The van der Waals surface area contributed by atoms with E-state index in [1.165, 1.54) is 7.11 Å². The van der Waals surface area contributed by atoms with E-state index < -0.39 is 12.1 Å². The number of aliphatic imine (C=N–C) groups is 1. The lowest BCUT2D eigenvalue weighted by atomic mass is 10.0. The Morgan fingerprint density at radius 2 is 2.05 bits per heavy atom. The average Bonchev–Trinajstić information content (AvgIpc) is 2.38. The Hall–Kier alpha value is -2.37. The number of carbonyl (C=O) groups excluding carboxylic acids is 2. The molecule has 0 heterocycles. The second kappa shape index (κ2) is 6.53. The molecule has 1 aromatic rings. The average molecular weight is 264 g/mol. The van der Waals surface area contributed by atoms with Crippen molar-refractivity contribution in [2.75, 3.05) is 13.7 Å². The van der Waals surface area contributed by atoms with Crippen LogP contribution >= 0.6 is 0 Å². The highest BCUT2D eigenvalue weighted by Gasteiger charge is 2.11. The van der Waals surface area contributed by atoms with Gasteiger partial charge >= 0.3 is 12.1 Å². The van der Waals surface area contributed by atoms with Crippen LogP contribution in [0.4, 0.5) is 4.79 Å². The minimum absolute atomic E-state index is 0.0327. The first-order valence-corrected chi connectivity index (χ1v) is 5.69. The number of hydrogen-bond donors (Lipinski definition) is 1. The number of carbonyl (C=O) groups is 2. The van der Waals surface area contributed by atoms with Crippen LogP contribution in [0.1, 0.15) is 28.4 Å². The van der Waals surface area contributed by atoms with Gasteiger partial charge < -0.3 is 15.2 Å². The highest BCUT2D eigenvalue weighted by Crippen LogP contribution is 2.12. The van der Waals surface area contributed by atoms with Crippen molar-refractivity contribution in [1.29, 1.82) is 0 Å². The molecule has 19 heavy (non-hydrogen) atoms. The van der Waals surface area contributed by atoms with Crippen LogP contribution in [0.3, 0.4) is 0 Å². The molecule has 0 unspecified atom stereocenters. The number of esters is 1. The van der Waals surface area contributed by atoms with E-state index in [0.29, 0.717) is 23.3 Å². The van der Waals surface area contributed by atoms with Crippen molar-refractivity contribution >= 4 is 17.9 Å². The summed E-state index contributed by atoms with van der Waals surface area (Å²) in [4.78, 5) is 26.1. The van der Waals surface area contributed by atoms with Gasteiger partial charge in [0.2, 0.25) is 0 Å². The van der Waals surface area contributed by atoms with Crippen LogP contribution in [0.25, 0.3) is 0 Å². The molecule has 0 saturated heterocycles. The van der Waals surface area contributed by atoms with Gasteiger partial charge in [0.15, 0.2) is 0 Å². The summed E-state index contributed by atoms with van der Waals surface area (Å²) in [5.41, 5.74) is 7.34. The molecule has 0 aromatic heterocycles. The van der Waals surface area contributed by atoms with Gasteiger partial charge in [0.05, 0.1) is 19.3 Å². The summed E-state index contributed by atoms with van der Waals surface area (Å²) < 4.78 is 9.30. The van der Waals surface area contributed by atoms with Crippen LogP contribution < -0.4 is 5.73 Å². The number of nitrogens with zero attached hydrogens (tertiary/aromatic N) is 1. The Bertz CT molecular complexity index is 523. The topological polar surface area (TPSA) is 91.0 Å². The van der Waals surface area contributed by atoms with Gasteiger partial charge in [-0.05, 0) is 31.5 Å². The summed E-state index contributed by atoms with van der Waals surface area (Å²) in [5, 5.41) is 0. The van der Waals surface area contributed by atoms with Gasteiger partial charge in [-0.3, -0.25) is 0 Å². The zero-order valence-corrected chi connectivity index (χ0v) is 11.1. The molecule has 1 amide bonds. The van der Waals surface area contributed by atoms with Crippen molar-refractivity contribution in [2.45, 2.75) is 13.8 Å². The molecule has 6 heteroatoms. The fraction of sp³-hybridized carbons (Fsp3) is 0.308. The van der Waals surface area contributed by atoms with E-state index in [9.17, 15) is 9.59 Å². The number of aryl methyl sites for hydroxylation is 1. The molecule has 0 radical (unpaired) electrons. The molecule has 2 N–H and O–H groups in total. The summed E-state index contributed by atoms with van der Waals surface area (Å²) >= 11 is 0. The van der Waals surface area contributed by atoms with Gasteiger partial charge in [-0.1, -0.05) is 6.07 Å². The third kappa shape index (κ3) is 3.80. The van der Waals surface area contributed by atoms with E-state index >= 15 is 0 Å². The molecular weight excluding hydrogens is 248 g/mol. The zero-order chi connectivity index (χ0) is 14.4. The number of methoxy groups -OCH3 is 1. The molecule has 1 rings (SSSR count). The van der Waals surface area contributed by atoms with Crippen LogP contribution in [-0.4, -0.2) is 31.6 Å². The van der Waals surface area contributed by atoms with Crippen molar-refractivity contribution in [1.82, 2.24) is 0 Å². The van der Waals surface area contributed by atoms with E-state index in [-0.39, 0.29) is 5.84 Å². The van der Waals surface area contributed by atoms with Gasteiger partial charge in [0.1, 0.15) is 5.84 Å². The van der Waals surface area contributed by atoms with Crippen molar-refractivity contribution in [3.8, 4) is 0 Å². The molecule has 0 fully saturated rings. The molecule has 0 aliphatic rings. The van der Waals surface area contributed by atoms with Crippen LogP contribution in [0.2, 0.25) is 0 Å². The number of amidine groups is 1. The van der Waals surface area contributed by atoms with Crippen molar-refractivity contribution in [3.63, 3.8) is 0 Å². The van der Waals surface area contributed by atoms with E-state index in [1.54, 1.807) is 32.0 Å². The first-order valence-electron chi connectivity index (χ1n) is 5.69. The number of benzene rings is 1. The lowest BCUT2D eigenvalue weighted by molar-refractivity contribution is 0.0525. The third-order valence-electron chi connectivity index (χ3n) is 2.40. The summed E-state index contributed by atoms with van der Waals surface area (Å²) in [6, 6.07) is 4.84. The normalized spacial score (nSPS) is 11.0. The number of hydrogen-bond acceptors (Lipinski definition) is 4. The van der Waals surface area contributed by atoms with Gasteiger partial charge in [-0.25, -0.2) is 9.59 Å². The molecule has 1 aromatic carbocycles. The number of rotatable bonds is 3. The second-order valence-corrected chi connectivity index (χ2v) is 3.72. The molecule has 6 nitrogen and oxygen atoms in total. The van der Waals surface area contributed by atoms with Gasteiger partial charge in [0, 0.05) is 5.56 Å². The van der Waals surface area contributed by atoms with Crippen molar-refractivity contribution < 1.29 is 19.1 Å². The van der Waals surface area contributed by atoms with E-state index in [2.05, 4.69) is 9.73 Å². The Morgan fingerprint density at radius 3 is 2.58 bits per heavy atom. The lowest BCUT2D eigenvalue weighted by Gasteiger charge is -2.07. The number of nitrogens with two attached hydrogens (primary N) is 1. The smallest absolute Gasteiger partial charge is 0.435 e. The molecule has 0 spiro atoms. The molecule has 0 atom stereocenters. The first kappa shape index (κ1) is 14.7. The Kier molecular flexibility index (Phi) is 5.05. The monoisotopic (exact) mass is 264 g/mol. The number of ether oxygens (including phenoxy) is 2. The summed E-state index contributed by atoms with van der Waals surface area (Å²) in [6.45, 7) is 3.80. The minimum atomic E-state index is -0.773. The molecular formula is C13H16N2O4. The fourth-order valence-corrected chi connectivity index (χ4v) is 1.47. The Labute approximate surface area is 111 Å². The van der Waals surface area contributed by atoms with Gasteiger partial charge in [-0.2, -0.15) is 4.99 Å². The molecule has 0 aliphatic heterocycles.